The summed E-state index contributed by atoms with van der Waals surface area (Å²) in [6, 6.07) is -0.220. The second kappa shape index (κ2) is 4.17. The van der Waals surface area contributed by atoms with Crippen molar-refractivity contribution in [1.29, 1.82) is 0 Å². The monoisotopic (exact) mass is 236 g/mol. The summed E-state index contributed by atoms with van der Waals surface area (Å²) in [6.45, 7) is 6.14. The van der Waals surface area contributed by atoms with E-state index in [-0.39, 0.29) is 29.8 Å². The van der Waals surface area contributed by atoms with Crippen LogP contribution in [0, 0.1) is 5.41 Å². The summed E-state index contributed by atoms with van der Waals surface area (Å²) in [5.41, 5.74) is -0.239. The van der Waals surface area contributed by atoms with Gasteiger partial charge in [-0.05, 0) is 18.3 Å². The van der Waals surface area contributed by atoms with Crippen LogP contribution in [-0.2, 0) is 9.59 Å². The summed E-state index contributed by atoms with van der Waals surface area (Å²) in [7, 11) is 0. The highest BCUT2D eigenvalue weighted by Gasteiger charge is 2.42. The number of amides is 2. The molecule has 0 bridgehead atoms. The molecule has 0 aromatic carbocycles. The summed E-state index contributed by atoms with van der Waals surface area (Å²) in [6.07, 6.45) is 5.90. The lowest BCUT2D eigenvalue weighted by atomic mass is 9.84. The van der Waals surface area contributed by atoms with Gasteiger partial charge in [0.25, 0.3) is 0 Å². The Morgan fingerprint density at radius 3 is 2.35 bits per heavy atom. The average Bonchev–Trinajstić information content (AvgIpc) is 2.72. The van der Waals surface area contributed by atoms with Gasteiger partial charge >= 0.3 is 0 Å². The van der Waals surface area contributed by atoms with Crippen LogP contribution in [0.25, 0.3) is 0 Å². The van der Waals surface area contributed by atoms with Crippen LogP contribution in [0.5, 0.6) is 0 Å². The molecule has 0 aromatic heterocycles. The van der Waals surface area contributed by atoms with Crippen molar-refractivity contribution >= 4 is 11.8 Å². The number of nitrogens with one attached hydrogen (secondary N) is 1. The number of nitrogens with zero attached hydrogens (tertiary/aromatic N) is 1. The fraction of sp³-hybridized carbons (Fsp3) is 0.692. The minimum absolute atomic E-state index is 0.0450. The van der Waals surface area contributed by atoms with E-state index in [4.69, 9.17) is 0 Å². The van der Waals surface area contributed by atoms with E-state index >= 15 is 0 Å². The van der Waals surface area contributed by atoms with E-state index in [0.29, 0.717) is 0 Å². The van der Waals surface area contributed by atoms with Crippen LogP contribution in [0.4, 0.5) is 0 Å². The molecule has 17 heavy (non-hydrogen) atoms. The molecule has 1 aliphatic heterocycles. The first-order valence-corrected chi connectivity index (χ1v) is 6.14. The van der Waals surface area contributed by atoms with E-state index in [0.717, 1.165) is 12.8 Å². The van der Waals surface area contributed by atoms with Gasteiger partial charge in [-0.15, -0.1) is 0 Å². The molecule has 0 radical (unpaired) electrons. The maximum absolute atomic E-state index is 12.4. The van der Waals surface area contributed by atoms with Gasteiger partial charge in [0.05, 0.1) is 6.54 Å². The van der Waals surface area contributed by atoms with E-state index in [9.17, 15) is 9.59 Å². The van der Waals surface area contributed by atoms with Gasteiger partial charge in [-0.2, -0.15) is 0 Å². The molecule has 0 spiro atoms. The standard InChI is InChI=1S/C13H20N2O2/c1-13(2,3)11-12(17)15(8-10(16)14-11)9-6-4-5-7-9/h4-5,9,11H,6-8H2,1-3H3,(H,14,16). The minimum atomic E-state index is -0.399. The van der Waals surface area contributed by atoms with Crippen LogP contribution in [0.2, 0.25) is 0 Å². The quantitative estimate of drug-likeness (QED) is 0.693. The Bertz CT molecular complexity index is 360. The third kappa shape index (κ3) is 2.35. The van der Waals surface area contributed by atoms with Crippen molar-refractivity contribution in [2.75, 3.05) is 6.54 Å². The summed E-state index contributed by atoms with van der Waals surface area (Å²) < 4.78 is 0. The molecule has 1 fully saturated rings. The van der Waals surface area contributed by atoms with Gasteiger partial charge in [-0.3, -0.25) is 9.59 Å². The van der Waals surface area contributed by atoms with Crippen LogP contribution in [0.15, 0.2) is 12.2 Å². The van der Waals surface area contributed by atoms with Crippen LogP contribution < -0.4 is 5.32 Å². The summed E-state index contributed by atoms with van der Waals surface area (Å²) in [5.74, 6) is 0.0159. The van der Waals surface area contributed by atoms with Gasteiger partial charge < -0.3 is 10.2 Å². The molecule has 0 aromatic rings. The van der Waals surface area contributed by atoms with E-state index in [1.807, 2.05) is 20.8 Å². The lowest BCUT2D eigenvalue weighted by molar-refractivity contribution is -0.149. The highest BCUT2D eigenvalue weighted by molar-refractivity contribution is 5.95. The lowest BCUT2D eigenvalue weighted by Gasteiger charge is -2.41. The predicted molar refractivity (Wildman–Crippen MR) is 65.3 cm³/mol. The van der Waals surface area contributed by atoms with E-state index < -0.39 is 6.04 Å². The smallest absolute Gasteiger partial charge is 0.246 e. The Morgan fingerprint density at radius 2 is 1.82 bits per heavy atom. The first-order chi connectivity index (χ1) is 7.89. The number of hydrogen-bond donors (Lipinski definition) is 1. The molecule has 1 atom stereocenters. The third-order valence-corrected chi connectivity index (χ3v) is 3.44. The van der Waals surface area contributed by atoms with Gasteiger partial charge in [0, 0.05) is 6.04 Å². The number of carbonyl (C=O) groups excluding carboxylic acids is 2. The Kier molecular flexibility index (Phi) is 2.98. The SMILES string of the molecule is CC(C)(C)C1NC(=O)CN(C2CC=CC2)C1=O. The molecule has 1 unspecified atom stereocenters. The molecule has 1 heterocycles. The van der Waals surface area contributed by atoms with Crippen LogP contribution in [0.1, 0.15) is 33.6 Å². The zero-order valence-electron chi connectivity index (χ0n) is 10.7. The second-order valence-corrected chi connectivity index (χ2v) is 5.93. The largest absolute Gasteiger partial charge is 0.342 e. The molecule has 1 saturated heterocycles. The van der Waals surface area contributed by atoms with Crippen LogP contribution in [-0.4, -0.2) is 35.3 Å². The molecular formula is C13H20N2O2. The second-order valence-electron chi connectivity index (χ2n) is 5.93. The maximum atomic E-state index is 12.4. The van der Waals surface area contributed by atoms with Gasteiger partial charge in [0.2, 0.25) is 11.8 Å². The number of piperazine rings is 1. The van der Waals surface area contributed by atoms with Gasteiger partial charge in [0.15, 0.2) is 0 Å². The topological polar surface area (TPSA) is 49.4 Å². The van der Waals surface area contributed by atoms with Crippen molar-refractivity contribution in [3.63, 3.8) is 0 Å². The maximum Gasteiger partial charge on any atom is 0.246 e. The molecule has 4 heteroatoms. The summed E-state index contributed by atoms with van der Waals surface area (Å²) in [5, 5.41) is 2.81. The van der Waals surface area contributed by atoms with Crippen molar-refractivity contribution in [2.45, 2.75) is 45.7 Å². The molecule has 2 aliphatic rings. The van der Waals surface area contributed by atoms with Crippen molar-refractivity contribution in [1.82, 2.24) is 10.2 Å². The zero-order chi connectivity index (χ0) is 12.6. The Balaban J connectivity index is 2.17. The van der Waals surface area contributed by atoms with E-state index in [2.05, 4.69) is 17.5 Å². The highest BCUT2D eigenvalue weighted by Crippen LogP contribution is 2.26. The van der Waals surface area contributed by atoms with Crippen molar-refractivity contribution in [3.05, 3.63) is 12.2 Å². The normalized spacial score (nSPS) is 26.5. The zero-order valence-corrected chi connectivity index (χ0v) is 10.7. The van der Waals surface area contributed by atoms with Crippen LogP contribution >= 0.6 is 0 Å². The Morgan fingerprint density at radius 1 is 1.24 bits per heavy atom. The summed E-state index contributed by atoms with van der Waals surface area (Å²) >= 11 is 0. The first-order valence-electron chi connectivity index (χ1n) is 6.14. The van der Waals surface area contributed by atoms with Crippen molar-refractivity contribution < 1.29 is 9.59 Å². The molecule has 94 valence electrons. The van der Waals surface area contributed by atoms with E-state index in [1.165, 1.54) is 0 Å². The molecule has 4 nitrogen and oxygen atoms in total. The molecule has 2 amide bonds. The lowest BCUT2D eigenvalue weighted by Crippen LogP contribution is -2.64. The molecule has 1 N–H and O–H groups in total. The van der Waals surface area contributed by atoms with Crippen molar-refractivity contribution in [2.24, 2.45) is 5.41 Å². The number of carbonyl (C=O) groups is 2. The molecule has 1 aliphatic carbocycles. The molecular weight excluding hydrogens is 216 g/mol. The van der Waals surface area contributed by atoms with Gasteiger partial charge in [0.1, 0.15) is 6.04 Å². The first kappa shape index (κ1) is 12.1. The predicted octanol–water partition coefficient (Wildman–Crippen LogP) is 1.08. The Labute approximate surface area is 102 Å². The fourth-order valence-corrected chi connectivity index (χ4v) is 2.42. The minimum Gasteiger partial charge on any atom is -0.342 e. The van der Waals surface area contributed by atoms with E-state index in [1.54, 1.807) is 4.90 Å². The molecule has 2 rings (SSSR count). The average molecular weight is 236 g/mol. The van der Waals surface area contributed by atoms with Crippen LogP contribution in [0.3, 0.4) is 0 Å². The number of hydrogen-bond acceptors (Lipinski definition) is 2. The van der Waals surface area contributed by atoms with Crippen molar-refractivity contribution in [3.8, 4) is 0 Å². The van der Waals surface area contributed by atoms with Gasteiger partial charge in [-0.25, -0.2) is 0 Å². The Hall–Kier alpha value is -1.32. The number of rotatable bonds is 1. The fourth-order valence-electron chi connectivity index (χ4n) is 2.42. The third-order valence-electron chi connectivity index (χ3n) is 3.44. The molecule has 0 saturated carbocycles. The highest BCUT2D eigenvalue weighted by atomic mass is 16.2. The summed E-state index contributed by atoms with van der Waals surface area (Å²) in [4.78, 5) is 25.8. The van der Waals surface area contributed by atoms with Gasteiger partial charge in [-0.1, -0.05) is 32.9 Å².